The lowest BCUT2D eigenvalue weighted by Crippen LogP contribution is -2.44. The summed E-state index contributed by atoms with van der Waals surface area (Å²) in [4.78, 5) is 16.4. The van der Waals surface area contributed by atoms with Gasteiger partial charge in [-0.15, -0.1) is 0 Å². The molecule has 0 unspecified atom stereocenters. The van der Waals surface area contributed by atoms with Gasteiger partial charge in [-0.25, -0.2) is 4.79 Å². The largest absolute Gasteiger partial charge is 0.416 e. The third kappa shape index (κ3) is 4.10. The molecule has 0 aromatic heterocycles. The van der Waals surface area contributed by atoms with Gasteiger partial charge in [-0.2, -0.15) is 13.2 Å². The Morgan fingerprint density at radius 2 is 1.72 bits per heavy atom. The molecule has 2 amide bonds. The normalized spacial score (nSPS) is 19.4. The number of aliphatic hydroxyl groups excluding tert-OH is 1. The Balaban J connectivity index is 1.51. The molecule has 1 N–H and O–H groups in total. The van der Waals surface area contributed by atoms with Crippen LogP contribution in [-0.2, 0) is 19.1 Å². The topological polar surface area (TPSA) is 43.8 Å². The lowest BCUT2D eigenvalue weighted by molar-refractivity contribution is -0.137. The summed E-state index contributed by atoms with van der Waals surface area (Å²) in [5.74, 6) is 0.155. The van der Waals surface area contributed by atoms with E-state index >= 15 is 0 Å². The van der Waals surface area contributed by atoms with Crippen LogP contribution in [0.4, 0.5) is 18.0 Å². The van der Waals surface area contributed by atoms with E-state index in [0.717, 1.165) is 41.7 Å². The first kappa shape index (κ1) is 19.8. The molecule has 7 heteroatoms. The fourth-order valence-corrected chi connectivity index (χ4v) is 4.11. The van der Waals surface area contributed by atoms with Crippen LogP contribution >= 0.6 is 0 Å². The molecular weight excluding hydrogens is 381 g/mol. The van der Waals surface area contributed by atoms with Gasteiger partial charge in [0.15, 0.2) is 0 Å². The molecule has 154 valence electrons. The molecule has 4 nitrogen and oxygen atoms in total. The summed E-state index contributed by atoms with van der Waals surface area (Å²) in [5.41, 5.74) is 3.09. The van der Waals surface area contributed by atoms with E-state index in [-0.39, 0.29) is 18.6 Å². The first-order valence-electron chi connectivity index (χ1n) is 9.79. The maximum absolute atomic E-state index is 12.8. The van der Waals surface area contributed by atoms with Crippen LogP contribution in [0.3, 0.4) is 0 Å². The van der Waals surface area contributed by atoms with Crippen LogP contribution < -0.4 is 0 Å². The summed E-state index contributed by atoms with van der Waals surface area (Å²) in [7, 11) is 0. The predicted octanol–water partition coefficient (Wildman–Crippen LogP) is 4.16. The minimum Gasteiger partial charge on any atom is -0.396 e. The number of carbonyl (C=O) groups excluding carboxylic acids is 1. The Labute approximate surface area is 167 Å². The van der Waals surface area contributed by atoms with Crippen molar-refractivity contribution in [1.82, 2.24) is 9.80 Å². The molecule has 2 aromatic rings. The number of fused-ring (bicyclic) bond motifs is 1. The molecule has 2 aliphatic rings. The molecule has 1 atom stereocenters. The van der Waals surface area contributed by atoms with Gasteiger partial charge < -0.3 is 14.9 Å². The van der Waals surface area contributed by atoms with Gasteiger partial charge in [-0.1, -0.05) is 24.3 Å². The maximum atomic E-state index is 12.8. The zero-order valence-corrected chi connectivity index (χ0v) is 16.0. The number of benzene rings is 2. The molecule has 1 fully saturated rings. The second-order valence-electron chi connectivity index (χ2n) is 7.80. The number of amides is 2. The van der Waals surface area contributed by atoms with Crippen LogP contribution in [-0.4, -0.2) is 47.2 Å². The standard InChI is InChI=1S/C22H23F3N2O2/c23-22(24,25)20-5-3-16(4-6-20)18-2-1-17-8-10-27(13-19(17)11-18)21(29)26-9-7-15(12-26)14-28/h1-6,11,15,28H,7-10,12-14H2/t15-/m1/s1. The minimum atomic E-state index is -4.35. The number of nitrogens with zero attached hydrogens (tertiary/aromatic N) is 2. The number of alkyl halides is 3. The first-order chi connectivity index (χ1) is 13.8. The molecule has 2 aliphatic heterocycles. The van der Waals surface area contributed by atoms with Crippen LogP contribution in [0, 0.1) is 5.92 Å². The fourth-order valence-electron chi connectivity index (χ4n) is 4.11. The molecular formula is C22H23F3N2O2. The fraction of sp³-hybridized carbons (Fsp3) is 0.409. The van der Waals surface area contributed by atoms with Crippen molar-refractivity contribution in [3.63, 3.8) is 0 Å². The van der Waals surface area contributed by atoms with Gasteiger partial charge in [0.2, 0.25) is 0 Å². The van der Waals surface area contributed by atoms with E-state index in [1.807, 2.05) is 23.1 Å². The van der Waals surface area contributed by atoms with E-state index in [1.54, 1.807) is 4.90 Å². The van der Waals surface area contributed by atoms with Gasteiger partial charge in [-0.05, 0) is 53.3 Å². The number of hydrogen-bond donors (Lipinski definition) is 1. The average Bonchev–Trinajstić information content (AvgIpc) is 3.21. The molecule has 0 bridgehead atoms. The van der Waals surface area contributed by atoms with Gasteiger partial charge >= 0.3 is 12.2 Å². The highest BCUT2D eigenvalue weighted by Gasteiger charge is 2.31. The van der Waals surface area contributed by atoms with Crippen molar-refractivity contribution in [3.8, 4) is 11.1 Å². The van der Waals surface area contributed by atoms with Crippen molar-refractivity contribution in [2.24, 2.45) is 5.92 Å². The van der Waals surface area contributed by atoms with Crippen molar-refractivity contribution in [2.75, 3.05) is 26.2 Å². The van der Waals surface area contributed by atoms with Crippen molar-refractivity contribution in [1.29, 1.82) is 0 Å². The Morgan fingerprint density at radius 3 is 2.38 bits per heavy atom. The summed E-state index contributed by atoms with van der Waals surface area (Å²) in [6.07, 6.45) is -2.77. The van der Waals surface area contributed by atoms with Crippen LogP contribution in [0.25, 0.3) is 11.1 Å². The van der Waals surface area contributed by atoms with Gasteiger partial charge in [0.1, 0.15) is 0 Å². The highest BCUT2D eigenvalue weighted by molar-refractivity contribution is 5.75. The zero-order chi connectivity index (χ0) is 20.6. The quantitative estimate of drug-likeness (QED) is 0.817. The van der Waals surface area contributed by atoms with Crippen LogP contribution in [0.2, 0.25) is 0 Å². The van der Waals surface area contributed by atoms with E-state index in [9.17, 15) is 23.1 Å². The summed E-state index contributed by atoms with van der Waals surface area (Å²) in [5, 5.41) is 9.29. The zero-order valence-electron chi connectivity index (χ0n) is 16.0. The van der Waals surface area contributed by atoms with Crippen LogP contribution in [0.15, 0.2) is 42.5 Å². The van der Waals surface area contributed by atoms with Crippen LogP contribution in [0.5, 0.6) is 0 Å². The number of likely N-dealkylation sites (tertiary alicyclic amines) is 1. The summed E-state index contributed by atoms with van der Waals surface area (Å²) in [6.45, 7) is 2.49. The van der Waals surface area contributed by atoms with E-state index < -0.39 is 11.7 Å². The highest BCUT2D eigenvalue weighted by atomic mass is 19.4. The van der Waals surface area contributed by atoms with Crippen LogP contribution in [0.1, 0.15) is 23.1 Å². The second kappa shape index (κ2) is 7.71. The van der Waals surface area contributed by atoms with Crippen molar-refractivity contribution in [3.05, 3.63) is 59.2 Å². The third-order valence-electron chi connectivity index (χ3n) is 5.85. The highest BCUT2D eigenvalue weighted by Crippen LogP contribution is 2.32. The average molecular weight is 404 g/mol. The van der Waals surface area contributed by atoms with Crippen molar-refractivity contribution < 1.29 is 23.1 Å². The number of halogens is 3. The molecule has 0 aliphatic carbocycles. The summed E-state index contributed by atoms with van der Waals surface area (Å²) < 4.78 is 38.4. The molecule has 2 aromatic carbocycles. The van der Waals surface area contributed by atoms with E-state index in [4.69, 9.17) is 0 Å². The van der Waals surface area contributed by atoms with E-state index in [0.29, 0.717) is 26.2 Å². The summed E-state index contributed by atoms with van der Waals surface area (Å²) in [6, 6.07) is 11.0. The number of aliphatic hydroxyl groups is 1. The van der Waals surface area contributed by atoms with E-state index in [2.05, 4.69) is 0 Å². The Bertz CT molecular complexity index is 896. The monoisotopic (exact) mass is 404 g/mol. The Kier molecular flexibility index (Phi) is 5.25. The molecule has 0 radical (unpaired) electrons. The predicted molar refractivity (Wildman–Crippen MR) is 103 cm³/mol. The molecule has 29 heavy (non-hydrogen) atoms. The van der Waals surface area contributed by atoms with Crippen molar-refractivity contribution >= 4 is 6.03 Å². The minimum absolute atomic E-state index is 0.00784. The summed E-state index contributed by atoms with van der Waals surface area (Å²) >= 11 is 0. The van der Waals surface area contributed by atoms with Gasteiger partial charge in [-0.3, -0.25) is 0 Å². The number of hydrogen-bond acceptors (Lipinski definition) is 2. The number of carbonyl (C=O) groups is 1. The lowest BCUT2D eigenvalue weighted by atomic mass is 9.94. The first-order valence-corrected chi connectivity index (χ1v) is 9.79. The SMILES string of the molecule is O=C(N1CCc2ccc(-c3ccc(C(F)(F)F)cc3)cc2C1)N1CC[C@@H](CO)C1. The third-order valence-corrected chi connectivity index (χ3v) is 5.85. The smallest absolute Gasteiger partial charge is 0.396 e. The van der Waals surface area contributed by atoms with E-state index in [1.165, 1.54) is 17.7 Å². The van der Waals surface area contributed by atoms with Crippen molar-refractivity contribution in [2.45, 2.75) is 25.6 Å². The molecule has 4 rings (SSSR count). The second-order valence-corrected chi connectivity index (χ2v) is 7.80. The molecule has 0 saturated carbocycles. The molecule has 1 saturated heterocycles. The van der Waals surface area contributed by atoms with Gasteiger partial charge in [0, 0.05) is 38.7 Å². The Hall–Kier alpha value is -2.54. The van der Waals surface area contributed by atoms with Gasteiger partial charge in [0.05, 0.1) is 5.56 Å². The van der Waals surface area contributed by atoms with Gasteiger partial charge in [0.25, 0.3) is 0 Å². The maximum Gasteiger partial charge on any atom is 0.416 e. The number of rotatable bonds is 2. The number of urea groups is 1. The Morgan fingerprint density at radius 1 is 1.00 bits per heavy atom. The molecule has 2 heterocycles. The molecule has 0 spiro atoms. The lowest BCUT2D eigenvalue weighted by Gasteiger charge is -2.32.